The van der Waals surface area contributed by atoms with Crippen LogP contribution in [0.25, 0.3) is 0 Å². The van der Waals surface area contributed by atoms with Gasteiger partial charge in [-0.05, 0) is 50.8 Å². The second-order valence-electron chi connectivity index (χ2n) is 9.89. The van der Waals surface area contributed by atoms with Crippen molar-refractivity contribution in [3.8, 4) is 6.07 Å². The lowest BCUT2D eigenvalue weighted by molar-refractivity contribution is 0.0725. The zero-order valence-electron chi connectivity index (χ0n) is 20.2. The summed E-state index contributed by atoms with van der Waals surface area (Å²) in [4.78, 5) is 28.1. The van der Waals surface area contributed by atoms with E-state index in [1.165, 1.54) is 16.4 Å². The van der Waals surface area contributed by atoms with Crippen LogP contribution in [0.3, 0.4) is 0 Å². The summed E-state index contributed by atoms with van der Waals surface area (Å²) in [5, 5.41) is 24.4. The largest absolute Gasteiger partial charge is 0.408 e. The van der Waals surface area contributed by atoms with Crippen molar-refractivity contribution in [2.75, 3.05) is 13.1 Å². The summed E-state index contributed by atoms with van der Waals surface area (Å²) in [6.45, 7) is 4.89. The summed E-state index contributed by atoms with van der Waals surface area (Å²) in [6.07, 6.45) is 2.33. The van der Waals surface area contributed by atoms with Crippen LogP contribution in [0.2, 0.25) is 0 Å². The van der Waals surface area contributed by atoms with Gasteiger partial charge in [-0.25, -0.2) is 0 Å². The summed E-state index contributed by atoms with van der Waals surface area (Å²) >= 11 is 1.52. The number of carbonyl (C=O) groups excluding carboxylic acids is 2. The van der Waals surface area contributed by atoms with Crippen molar-refractivity contribution in [2.24, 2.45) is 7.05 Å². The quantitative estimate of drug-likeness (QED) is 0.543. The molecule has 4 radical (unpaired) electrons. The summed E-state index contributed by atoms with van der Waals surface area (Å²) < 4.78 is 0.485. The third-order valence-corrected chi connectivity index (χ3v) is 8.55. The first-order valence-corrected chi connectivity index (χ1v) is 12.3. The van der Waals surface area contributed by atoms with Crippen LogP contribution in [0.15, 0.2) is 24.3 Å². The molecule has 2 amide bonds. The normalized spacial score (nSPS) is 17.0. The number of aromatic nitrogens is 2. The van der Waals surface area contributed by atoms with Crippen LogP contribution in [0.5, 0.6) is 0 Å². The van der Waals surface area contributed by atoms with Crippen molar-refractivity contribution >= 4 is 39.3 Å². The highest BCUT2D eigenvalue weighted by atomic mass is 32.2. The fourth-order valence-corrected chi connectivity index (χ4v) is 6.04. The van der Waals surface area contributed by atoms with Crippen molar-refractivity contribution in [1.82, 2.24) is 20.0 Å². The number of fused-ring (bicyclic) bond motifs is 1. The number of nitrogens with one attached hydrogen (secondary N) is 1. The van der Waals surface area contributed by atoms with E-state index < -0.39 is 10.1 Å². The van der Waals surface area contributed by atoms with Gasteiger partial charge in [-0.2, -0.15) is 10.4 Å². The van der Waals surface area contributed by atoms with Crippen molar-refractivity contribution < 1.29 is 14.7 Å². The van der Waals surface area contributed by atoms with Gasteiger partial charge >= 0.3 is 0 Å². The Morgan fingerprint density at radius 1 is 1.31 bits per heavy atom. The Labute approximate surface area is 212 Å². The van der Waals surface area contributed by atoms with Crippen LogP contribution in [-0.4, -0.2) is 75.3 Å². The Hall–Kier alpha value is -2.70. The lowest BCUT2D eigenvalue weighted by Gasteiger charge is -2.42. The Morgan fingerprint density at radius 2 is 1.97 bits per heavy atom. The first-order valence-electron chi connectivity index (χ1n) is 11.5. The second kappa shape index (κ2) is 9.07. The molecule has 1 aromatic heterocycles. The molecular formula is C24H27B2N5O3S. The van der Waals surface area contributed by atoms with E-state index in [0.717, 1.165) is 18.4 Å². The SMILES string of the molecule is [B]C([B])(O)C(C)(C)SC1(CN2CCc3c(C(=O)NCc4ccc(C#N)cc4)nn(C)c3C2=O)CC1. The van der Waals surface area contributed by atoms with Crippen LogP contribution in [0.1, 0.15) is 64.4 Å². The zero-order valence-corrected chi connectivity index (χ0v) is 21.0. The van der Waals surface area contributed by atoms with Gasteiger partial charge in [0, 0.05) is 47.1 Å². The maximum atomic E-state index is 13.4. The minimum atomic E-state index is -1.84. The fourth-order valence-electron chi connectivity index (χ4n) is 4.27. The highest BCUT2D eigenvalue weighted by molar-refractivity contribution is 8.02. The van der Waals surface area contributed by atoms with Gasteiger partial charge in [0.25, 0.3) is 11.8 Å². The molecule has 2 heterocycles. The molecule has 35 heavy (non-hydrogen) atoms. The van der Waals surface area contributed by atoms with Gasteiger partial charge in [-0.15, -0.1) is 11.8 Å². The number of carbonyl (C=O) groups is 2. The Kier molecular flexibility index (Phi) is 6.58. The topological polar surface area (TPSA) is 111 Å². The maximum Gasteiger partial charge on any atom is 0.272 e. The molecule has 2 aliphatic rings. The minimum Gasteiger partial charge on any atom is -0.408 e. The Morgan fingerprint density at radius 3 is 2.54 bits per heavy atom. The number of nitriles is 1. The molecule has 0 unspecified atom stereocenters. The molecule has 1 aromatic carbocycles. The summed E-state index contributed by atoms with van der Waals surface area (Å²) in [6, 6.07) is 9.04. The molecule has 1 aliphatic carbocycles. The number of thioether (sulfide) groups is 1. The highest BCUT2D eigenvalue weighted by Crippen LogP contribution is 2.55. The van der Waals surface area contributed by atoms with E-state index in [2.05, 4.69) is 16.5 Å². The second-order valence-corrected chi connectivity index (χ2v) is 12.0. The number of aryl methyl sites for hydroxylation is 1. The monoisotopic (exact) mass is 487 g/mol. The van der Waals surface area contributed by atoms with Crippen molar-refractivity contribution in [2.45, 2.75) is 54.5 Å². The first-order chi connectivity index (χ1) is 16.4. The van der Waals surface area contributed by atoms with E-state index >= 15 is 0 Å². The molecule has 2 N–H and O–H groups in total. The molecule has 4 rings (SSSR count). The molecular weight excluding hydrogens is 460 g/mol. The van der Waals surface area contributed by atoms with Crippen LogP contribution < -0.4 is 5.32 Å². The van der Waals surface area contributed by atoms with Crippen molar-refractivity contribution in [3.05, 3.63) is 52.3 Å². The van der Waals surface area contributed by atoms with E-state index in [1.807, 2.05) is 0 Å². The van der Waals surface area contributed by atoms with Gasteiger partial charge < -0.3 is 15.3 Å². The molecule has 1 aliphatic heterocycles. The summed E-state index contributed by atoms with van der Waals surface area (Å²) in [7, 11) is 13.2. The summed E-state index contributed by atoms with van der Waals surface area (Å²) in [5.74, 6) is -0.499. The molecule has 178 valence electrons. The average Bonchev–Trinajstić information content (AvgIpc) is 3.45. The molecule has 2 aromatic rings. The smallest absolute Gasteiger partial charge is 0.272 e. The third kappa shape index (κ3) is 5.14. The van der Waals surface area contributed by atoms with Gasteiger partial charge in [0.05, 0.1) is 11.6 Å². The predicted octanol–water partition coefficient (Wildman–Crippen LogP) is 1.25. The van der Waals surface area contributed by atoms with Crippen LogP contribution in [0.4, 0.5) is 0 Å². The minimum absolute atomic E-state index is 0.159. The van der Waals surface area contributed by atoms with E-state index in [4.69, 9.17) is 21.0 Å². The van der Waals surface area contributed by atoms with Crippen LogP contribution >= 0.6 is 11.8 Å². The third-order valence-electron chi connectivity index (χ3n) is 6.74. The summed E-state index contributed by atoms with van der Waals surface area (Å²) in [5.41, 5.74) is 2.76. The van der Waals surface area contributed by atoms with Crippen molar-refractivity contribution in [1.29, 1.82) is 5.26 Å². The molecule has 0 bridgehead atoms. The molecule has 0 spiro atoms. The number of hydrogen-bond acceptors (Lipinski definition) is 6. The van der Waals surface area contributed by atoms with Gasteiger partial charge in [0.1, 0.15) is 21.4 Å². The maximum absolute atomic E-state index is 13.4. The predicted molar refractivity (Wildman–Crippen MR) is 135 cm³/mol. The van der Waals surface area contributed by atoms with Gasteiger partial charge in [0.15, 0.2) is 5.69 Å². The van der Waals surface area contributed by atoms with E-state index in [-0.39, 0.29) is 22.3 Å². The lowest BCUT2D eigenvalue weighted by atomic mass is 9.59. The molecule has 1 saturated carbocycles. The fraction of sp³-hybridized carbons (Fsp3) is 0.500. The van der Waals surface area contributed by atoms with E-state index in [9.17, 15) is 14.7 Å². The number of nitrogens with zero attached hydrogens (tertiary/aromatic N) is 4. The number of rotatable bonds is 8. The van der Waals surface area contributed by atoms with Gasteiger partial charge in [-0.1, -0.05) is 12.1 Å². The Bertz CT molecular complexity index is 1190. The van der Waals surface area contributed by atoms with Crippen LogP contribution in [0, 0.1) is 11.3 Å². The molecule has 8 nitrogen and oxygen atoms in total. The number of hydrogen-bond donors (Lipinski definition) is 2. The number of benzene rings is 1. The van der Waals surface area contributed by atoms with E-state index in [0.29, 0.717) is 42.9 Å². The van der Waals surface area contributed by atoms with Crippen molar-refractivity contribution in [3.63, 3.8) is 0 Å². The van der Waals surface area contributed by atoms with Crippen LogP contribution in [-0.2, 0) is 20.0 Å². The first kappa shape index (κ1) is 25.4. The lowest BCUT2D eigenvalue weighted by Crippen LogP contribution is -2.51. The molecule has 1 fully saturated rings. The highest BCUT2D eigenvalue weighted by Gasteiger charge is 2.52. The number of aliphatic hydroxyl groups is 1. The van der Waals surface area contributed by atoms with E-state index in [1.54, 1.807) is 50.1 Å². The number of amides is 2. The molecule has 0 atom stereocenters. The molecule has 11 heteroatoms. The molecule has 0 saturated heterocycles. The van der Waals surface area contributed by atoms with Gasteiger partial charge in [-0.3, -0.25) is 14.3 Å². The zero-order chi connectivity index (χ0) is 25.6. The standard InChI is InChI=1S/C24H27B2N5O3S/c1-22(2,24(25,26)34)35-23(9-10-23)14-31-11-8-17-18(29-30(3)19(17)21(31)33)20(32)28-13-16-6-4-15(12-27)5-7-16/h4-7,34H,8-11,13-14H2,1-3H3,(H,28,32). The average molecular weight is 487 g/mol. The van der Waals surface area contributed by atoms with Gasteiger partial charge in [0.2, 0.25) is 0 Å². The Balaban J connectivity index is 1.45.